The maximum Gasteiger partial charge on any atom is 0.256 e. The molecule has 2 aliphatic rings. The van der Waals surface area contributed by atoms with E-state index in [4.69, 9.17) is 4.74 Å². The first kappa shape index (κ1) is 22.0. The molecule has 0 spiro atoms. The molecule has 7 nitrogen and oxygen atoms in total. The number of fused-ring (bicyclic) bond motifs is 2. The Hall–Kier alpha value is -3.26. The minimum Gasteiger partial charge on any atom is -0.497 e. The molecule has 166 valence electrons. The van der Waals surface area contributed by atoms with Gasteiger partial charge in [0.25, 0.3) is 5.91 Å². The Kier molecular flexibility index (Phi) is 6.50. The van der Waals surface area contributed by atoms with Crippen LogP contribution in [0.4, 0.5) is 5.69 Å². The van der Waals surface area contributed by atoms with Gasteiger partial charge in [-0.25, -0.2) is 0 Å². The van der Waals surface area contributed by atoms with Crippen molar-refractivity contribution in [1.82, 2.24) is 10.2 Å². The fourth-order valence-corrected chi connectivity index (χ4v) is 4.39. The largest absolute Gasteiger partial charge is 0.497 e. The number of thioether (sulfide) groups is 1. The number of methoxy groups -OCH3 is 1. The maximum atomic E-state index is 13.3. The number of carbonyl (C=O) groups is 3. The number of hydrogen-bond acceptors (Lipinski definition) is 5. The van der Waals surface area contributed by atoms with Crippen LogP contribution in [0.2, 0.25) is 0 Å². The van der Waals surface area contributed by atoms with Gasteiger partial charge in [-0.1, -0.05) is 30.4 Å². The highest BCUT2D eigenvalue weighted by atomic mass is 32.2. The molecular weight excluding hydrogens is 426 g/mol. The van der Waals surface area contributed by atoms with Crippen LogP contribution in [0, 0.1) is 0 Å². The molecule has 1 fully saturated rings. The number of ether oxygens (including phenoxy) is 1. The summed E-state index contributed by atoms with van der Waals surface area (Å²) in [6.07, 6.45) is 6.15. The summed E-state index contributed by atoms with van der Waals surface area (Å²) in [5.74, 6) is 0.634. The van der Waals surface area contributed by atoms with Crippen LogP contribution in [0.25, 0.3) is 12.2 Å². The fraction of sp³-hybridized carbons (Fsp3) is 0.292. The molecule has 2 heterocycles. The maximum absolute atomic E-state index is 13.3. The Morgan fingerprint density at radius 2 is 1.91 bits per heavy atom. The second-order valence-electron chi connectivity index (χ2n) is 7.81. The van der Waals surface area contributed by atoms with E-state index in [0.29, 0.717) is 30.0 Å². The van der Waals surface area contributed by atoms with Crippen molar-refractivity contribution < 1.29 is 19.1 Å². The zero-order chi connectivity index (χ0) is 22.7. The van der Waals surface area contributed by atoms with Crippen LogP contribution in [0.5, 0.6) is 5.75 Å². The van der Waals surface area contributed by atoms with E-state index < -0.39 is 6.04 Å². The quantitative estimate of drug-likeness (QED) is 0.660. The Morgan fingerprint density at radius 3 is 2.62 bits per heavy atom. The smallest absolute Gasteiger partial charge is 0.256 e. The first-order valence-corrected chi connectivity index (χ1v) is 11.7. The average Bonchev–Trinajstić information content (AvgIpc) is 3.18. The van der Waals surface area contributed by atoms with Crippen LogP contribution >= 0.6 is 11.8 Å². The molecule has 8 heteroatoms. The van der Waals surface area contributed by atoms with Crippen LogP contribution < -0.4 is 15.4 Å². The highest BCUT2D eigenvalue weighted by molar-refractivity contribution is 7.99. The molecule has 2 unspecified atom stereocenters. The topological polar surface area (TPSA) is 87.7 Å². The monoisotopic (exact) mass is 451 g/mol. The van der Waals surface area contributed by atoms with Gasteiger partial charge in [-0.05, 0) is 48.1 Å². The fourth-order valence-electron chi connectivity index (χ4n) is 4.04. The molecule has 2 aliphatic heterocycles. The van der Waals surface area contributed by atoms with Crippen molar-refractivity contribution in [2.45, 2.75) is 18.5 Å². The number of hydrogen-bond donors (Lipinski definition) is 2. The molecule has 2 atom stereocenters. The van der Waals surface area contributed by atoms with Crippen molar-refractivity contribution in [2.24, 2.45) is 0 Å². The second-order valence-corrected chi connectivity index (χ2v) is 8.67. The number of carbonyl (C=O) groups excluding carboxylic acids is 3. The minimum absolute atomic E-state index is 0.0839. The van der Waals surface area contributed by atoms with Gasteiger partial charge in [-0.2, -0.15) is 11.8 Å². The van der Waals surface area contributed by atoms with Crippen molar-refractivity contribution in [3.8, 4) is 5.75 Å². The molecule has 2 aromatic carbocycles. The normalized spacial score (nSPS) is 19.9. The van der Waals surface area contributed by atoms with E-state index in [1.807, 2.05) is 48.7 Å². The van der Waals surface area contributed by atoms with Crippen molar-refractivity contribution >= 4 is 47.3 Å². The Morgan fingerprint density at radius 1 is 1.19 bits per heavy atom. The van der Waals surface area contributed by atoms with Crippen molar-refractivity contribution in [2.75, 3.05) is 31.0 Å². The predicted molar refractivity (Wildman–Crippen MR) is 127 cm³/mol. The third-order valence-corrected chi connectivity index (χ3v) is 6.17. The van der Waals surface area contributed by atoms with Gasteiger partial charge in [-0.15, -0.1) is 0 Å². The lowest BCUT2D eigenvalue weighted by molar-refractivity contribution is -0.120. The number of benzene rings is 2. The van der Waals surface area contributed by atoms with Gasteiger partial charge < -0.3 is 20.3 Å². The molecule has 0 saturated carbocycles. The standard InChI is InChI=1S/C24H25N3O4S/c1-31-18-8-5-15(6-9-18)3-4-16-7-10-20-19(11-16)24(30)27-13-17(25-22(28)14-32-2)12-21(27)23(29)26-20/h3-11,17,21H,12-14H2,1-2H3,(H,25,28)(H,26,29). The predicted octanol–water partition coefficient (Wildman–Crippen LogP) is 2.88. The molecule has 0 bridgehead atoms. The molecule has 32 heavy (non-hydrogen) atoms. The summed E-state index contributed by atoms with van der Waals surface area (Å²) in [6, 6.07) is 12.3. The molecule has 4 rings (SSSR count). The molecule has 0 aliphatic carbocycles. The third-order valence-electron chi connectivity index (χ3n) is 5.62. The van der Waals surface area contributed by atoms with Crippen molar-refractivity contribution in [1.29, 1.82) is 0 Å². The van der Waals surface area contributed by atoms with Gasteiger partial charge in [0, 0.05) is 12.6 Å². The SMILES string of the molecule is COc1ccc(C=Cc2ccc3c(c2)C(=O)N2CC(NC(=O)CSC)CC2C(=O)N3)cc1. The summed E-state index contributed by atoms with van der Waals surface area (Å²) in [6.45, 7) is 0.322. The molecular formula is C24H25N3O4S. The molecule has 3 amide bonds. The van der Waals surface area contributed by atoms with Gasteiger partial charge in [0.15, 0.2) is 0 Å². The van der Waals surface area contributed by atoms with E-state index in [0.717, 1.165) is 16.9 Å². The van der Waals surface area contributed by atoms with E-state index in [-0.39, 0.29) is 23.8 Å². The van der Waals surface area contributed by atoms with Crippen molar-refractivity contribution in [3.63, 3.8) is 0 Å². The van der Waals surface area contributed by atoms with Crippen LogP contribution in [0.15, 0.2) is 42.5 Å². The number of rotatable bonds is 6. The van der Waals surface area contributed by atoms with Gasteiger partial charge in [0.2, 0.25) is 11.8 Å². The zero-order valence-electron chi connectivity index (χ0n) is 18.0. The minimum atomic E-state index is -0.590. The Bertz CT molecular complexity index is 1070. The van der Waals surface area contributed by atoms with Crippen LogP contribution in [-0.4, -0.2) is 60.4 Å². The van der Waals surface area contributed by atoms with Crippen LogP contribution in [0.1, 0.15) is 27.9 Å². The summed E-state index contributed by atoms with van der Waals surface area (Å²) < 4.78 is 5.18. The zero-order valence-corrected chi connectivity index (χ0v) is 18.8. The Balaban J connectivity index is 1.54. The van der Waals surface area contributed by atoms with E-state index in [2.05, 4.69) is 10.6 Å². The number of amides is 3. The van der Waals surface area contributed by atoms with Gasteiger partial charge in [0.05, 0.1) is 24.1 Å². The lowest BCUT2D eigenvalue weighted by Gasteiger charge is -2.20. The highest BCUT2D eigenvalue weighted by Gasteiger charge is 2.43. The average molecular weight is 452 g/mol. The van der Waals surface area contributed by atoms with E-state index in [1.165, 1.54) is 11.8 Å². The summed E-state index contributed by atoms with van der Waals surface area (Å²) in [5.41, 5.74) is 2.82. The summed E-state index contributed by atoms with van der Waals surface area (Å²) in [7, 11) is 1.63. The van der Waals surface area contributed by atoms with Crippen LogP contribution in [0.3, 0.4) is 0 Å². The van der Waals surface area contributed by atoms with Crippen LogP contribution in [-0.2, 0) is 9.59 Å². The van der Waals surface area contributed by atoms with E-state index >= 15 is 0 Å². The molecule has 1 saturated heterocycles. The highest BCUT2D eigenvalue weighted by Crippen LogP contribution is 2.30. The number of anilines is 1. The first-order valence-electron chi connectivity index (χ1n) is 10.3. The first-order chi connectivity index (χ1) is 15.5. The lowest BCUT2D eigenvalue weighted by atomic mass is 10.1. The molecule has 2 aromatic rings. The van der Waals surface area contributed by atoms with Gasteiger partial charge in [0.1, 0.15) is 11.8 Å². The number of nitrogens with one attached hydrogen (secondary N) is 2. The van der Waals surface area contributed by atoms with E-state index in [1.54, 1.807) is 24.1 Å². The van der Waals surface area contributed by atoms with Crippen molar-refractivity contribution in [3.05, 3.63) is 59.2 Å². The molecule has 2 N–H and O–H groups in total. The van der Waals surface area contributed by atoms with Gasteiger partial charge in [-0.3, -0.25) is 14.4 Å². The summed E-state index contributed by atoms with van der Waals surface area (Å²) in [4.78, 5) is 39.6. The number of nitrogens with zero attached hydrogens (tertiary/aromatic N) is 1. The molecule has 0 radical (unpaired) electrons. The Labute approximate surface area is 191 Å². The summed E-state index contributed by atoms with van der Waals surface area (Å²) >= 11 is 1.44. The van der Waals surface area contributed by atoms with Gasteiger partial charge >= 0.3 is 0 Å². The second kappa shape index (κ2) is 9.48. The van der Waals surface area contributed by atoms with E-state index in [9.17, 15) is 14.4 Å². The summed E-state index contributed by atoms with van der Waals surface area (Å²) in [5, 5.41) is 5.81. The lowest BCUT2D eigenvalue weighted by Crippen LogP contribution is -2.41. The molecule has 0 aromatic heterocycles. The third kappa shape index (κ3) is 4.65.